The molecule has 0 radical (unpaired) electrons. The third-order valence-corrected chi connectivity index (χ3v) is 3.76. The van der Waals surface area contributed by atoms with E-state index >= 15 is 0 Å². The van der Waals surface area contributed by atoms with E-state index in [1.807, 2.05) is 0 Å². The number of hydrogen-bond acceptors (Lipinski definition) is 3. The molecule has 7 heavy (non-hydrogen) atoms. The summed E-state index contributed by atoms with van der Waals surface area (Å²) in [6.07, 6.45) is 0. The van der Waals surface area contributed by atoms with Crippen LogP contribution in [0.1, 0.15) is 0 Å². The molecule has 0 spiro atoms. The number of halogens is 2. The molecular formula is C2H3I2S3-. The maximum absolute atomic E-state index is 4.79. The summed E-state index contributed by atoms with van der Waals surface area (Å²) in [4.78, 5) is 0. The maximum atomic E-state index is 4.79. The Kier molecular flexibility index (Phi) is 6.70. The van der Waals surface area contributed by atoms with Gasteiger partial charge in [0.2, 0.25) is 0 Å². The van der Waals surface area contributed by atoms with Gasteiger partial charge in [-0.2, -0.15) is 0 Å². The van der Waals surface area contributed by atoms with Gasteiger partial charge in [0.25, 0.3) is 0 Å². The molecule has 0 nitrogen and oxygen atoms in total. The molecule has 0 amide bonds. The predicted octanol–water partition coefficient (Wildman–Crippen LogP) is 1.72. The van der Waals surface area contributed by atoms with Crippen LogP contribution in [0.4, 0.5) is 0 Å². The Labute approximate surface area is 81.9 Å². The summed E-state index contributed by atoms with van der Waals surface area (Å²) < 4.78 is 0.619. The minimum Gasteiger partial charge on any atom is -0.345 e. The van der Waals surface area contributed by atoms with Crippen molar-refractivity contribution in [2.45, 2.75) is 1.93 Å². The van der Waals surface area contributed by atoms with Crippen LogP contribution in [0.15, 0.2) is 0 Å². The Bertz CT molecular complexity index is 97.5. The second-order valence-corrected chi connectivity index (χ2v) is 10.2. The van der Waals surface area contributed by atoms with Gasteiger partial charge in [-0.1, -0.05) is 50.9 Å². The fourth-order valence-corrected chi connectivity index (χ4v) is 6.21. The van der Waals surface area contributed by atoms with Crippen LogP contribution in [-0.2, 0) is 30.4 Å². The van der Waals surface area contributed by atoms with Crippen molar-refractivity contribution in [1.82, 2.24) is 0 Å². The van der Waals surface area contributed by atoms with Gasteiger partial charge in [-0.05, 0) is 0 Å². The van der Waals surface area contributed by atoms with Gasteiger partial charge in [0.05, 0.1) is 0 Å². The fraction of sp³-hybridized carbons (Fsp3) is 1.00. The molecule has 5 heteroatoms. The normalized spacial score (nSPS) is 10.9. The maximum Gasteiger partial charge on any atom is 0.0453 e. The Morgan fingerprint density at radius 3 is 1.86 bits per heavy atom. The lowest BCUT2D eigenvalue weighted by Crippen LogP contribution is -1.92. The van der Waals surface area contributed by atoms with Crippen molar-refractivity contribution in [3.8, 4) is 0 Å². The Morgan fingerprint density at radius 2 is 1.86 bits per heavy atom. The van der Waals surface area contributed by atoms with E-state index in [4.69, 9.17) is 22.4 Å². The van der Waals surface area contributed by atoms with E-state index in [1.165, 1.54) is 0 Å². The lowest BCUT2D eigenvalue weighted by atomic mass is 11.0. The summed E-state index contributed by atoms with van der Waals surface area (Å²) in [5.41, 5.74) is 0. The molecule has 0 aromatic heterocycles. The third kappa shape index (κ3) is 8.25. The van der Waals surface area contributed by atoms with Gasteiger partial charge in [0.15, 0.2) is 0 Å². The second-order valence-electron chi connectivity index (χ2n) is 0.861. The zero-order valence-electron chi connectivity index (χ0n) is 3.27. The van der Waals surface area contributed by atoms with Gasteiger partial charge in [0.1, 0.15) is 0 Å². The van der Waals surface area contributed by atoms with Crippen LogP contribution in [0.5, 0.6) is 0 Å². The van der Waals surface area contributed by atoms with Gasteiger partial charge in [0, 0.05) is 1.93 Å². The highest BCUT2D eigenvalue weighted by atomic mass is 127. The van der Waals surface area contributed by atoms with Crippen LogP contribution in [-0.4, -0.2) is 7.68 Å². The molecule has 0 bridgehead atoms. The monoisotopic (exact) mass is 377 g/mol. The van der Waals surface area contributed by atoms with Crippen LogP contribution in [0.25, 0.3) is 0 Å². The van der Waals surface area contributed by atoms with E-state index in [1.54, 1.807) is 0 Å². The van der Waals surface area contributed by atoms with Gasteiger partial charge in [-0.25, -0.2) is 0 Å². The average Bonchev–Trinajstić information content (AvgIpc) is 1.27. The minimum absolute atomic E-state index is 0.194. The molecule has 0 aromatic rings. The molecule has 0 heterocycles. The first-order chi connectivity index (χ1) is 3.13. The molecule has 0 aliphatic rings. The van der Waals surface area contributed by atoms with Crippen LogP contribution in [0.3, 0.4) is 0 Å². The molecule has 0 fully saturated rings. The number of rotatable bonds is 2. The zero-order valence-corrected chi connectivity index (χ0v) is 10.0. The first kappa shape index (κ1) is 9.25. The van der Waals surface area contributed by atoms with Crippen LogP contribution in [0, 0.1) is 0 Å². The molecule has 0 aliphatic carbocycles. The summed E-state index contributed by atoms with van der Waals surface area (Å²) in [5.74, 6) is 0.992. The first-order valence-corrected chi connectivity index (χ1v) is 7.20. The summed E-state index contributed by atoms with van der Waals surface area (Å²) >= 11 is 14.2. The van der Waals surface area contributed by atoms with E-state index in [0.717, 1.165) is 5.75 Å². The van der Waals surface area contributed by atoms with Crippen LogP contribution >= 0.6 is 45.2 Å². The summed E-state index contributed by atoms with van der Waals surface area (Å²) in [6.45, 7) is 0. The quantitative estimate of drug-likeness (QED) is 0.409. The SMILES string of the molecule is S=[S-](=S)CC(I)I. The third-order valence-electron chi connectivity index (χ3n) is 0.262. The Hall–Kier alpha value is 2.25. The van der Waals surface area contributed by atoms with Crippen molar-refractivity contribution in [3.05, 3.63) is 0 Å². The van der Waals surface area contributed by atoms with Gasteiger partial charge in [-0.3, -0.25) is 22.4 Å². The molecular weight excluding hydrogens is 374 g/mol. The highest BCUT2D eigenvalue weighted by molar-refractivity contribution is 14.2. The van der Waals surface area contributed by atoms with Crippen molar-refractivity contribution in [2.24, 2.45) is 0 Å². The fourth-order valence-electron chi connectivity index (χ4n) is 0.103. The topological polar surface area (TPSA) is 0 Å². The molecule has 0 atom stereocenters. The molecule has 0 saturated carbocycles. The van der Waals surface area contributed by atoms with E-state index in [9.17, 15) is 0 Å². The highest BCUT2D eigenvalue weighted by Gasteiger charge is 1.84. The molecule has 0 N–H and O–H groups in total. The second kappa shape index (κ2) is 5.07. The number of hydrogen-bond donors (Lipinski definition) is 0. The van der Waals surface area contributed by atoms with Crippen molar-refractivity contribution in [2.75, 3.05) is 5.75 Å². The van der Waals surface area contributed by atoms with E-state index in [0.29, 0.717) is 1.93 Å². The van der Waals surface area contributed by atoms with E-state index in [-0.39, 0.29) is 8.01 Å². The van der Waals surface area contributed by atoms with E-state index < -0.39 is 0 Å². The van der Waals surface area contributed by atoms with Gasteiger partial charge in [-0.15, -0.1) is 0 Å². The Morgan fingerprint density at radius 1 is 1.43 bits per heavy atom. The molecule has 0 aliphatic heterocycles. The van der Waals surface area contributed by atoms with Crippen molar-refractivity contribution in [1.29, 1.82) is 0 Å². The average molecular weight is 377 g/mol. The standard InChI is InChI=1S/C2H3I2S3/c3-2(4)1-7(5)6/h2H,1H2/q-1. The van der Waals surface area contributed by atoms with Crippen LogP contribution in [0.2, 0.25) is 0 Å². The molecule has 0 saturated heterocycles. The molecule has 44 valence electrons. The number of alkyl halides is 2. The van der Waals surface area contributed by atoms with Crippen molar-refractivity contribution >= 4 is 75.6 Å². The van der Waals surface area contributed by atoms with Crippen molar-refractivity contribution in [3.63, 3.8) is 0 Å². The zero-order chi connectivity index (χ0) is 5.86. The molecule has 0 aromatic carbocycles. The summed E-state index contributed by atoms with van der Waals surface area (Å²) in [6, 6.07) is 0. The Balaban J connectivity index is 3.32. The largest absolute Gasteiger partial charge is 0.345 e. The lowest BCUT2D eigenvalue weighted by molar-refractivity contribution is 1.57. The summed E-state index contributed by atoms with van der Waals surface area (Å²) in [7, 11) is -0.194. The van der Waals surface area contributed by atoms with Crippen molar-refractivity contribution < 1.29 is 0 Å². The highest BCUT2D eigenvalue weighted by Crippen LogP contribution is 2.08. The molecule has 0 rings (SSSR count). The lowest BCUT2D eigenvalue weighted by Gasteiger charge is -2.00. The molecule has 0 unspecified atom stereocenters. The first-order valence-electron chi connectivity index (χ1n) is 1.47. The smallest absolute Gasteiger partial charge is 0.0453 e. The summed E-state index contributed by atoms with van der Waals surface area (Å²) in [5, 5.41) is 0. The van der Waals surface area contributed by atoms with Crippen LogP contribution < -0.4 is 0 Å². The van der Waals surface area contributed by atoms with Gasteiger partial charge >= 0.3 is 0 Å². The predicted molar refractivity (Wildman–Crippen MR) is 58.8 cm³/mol. The minimum atomic E-state index is -0.194. The van der Waals surface area contributed by atoms with E-state index in [2.05, 4.69) is 45.2 Å². The van der Waals surface area contributed by atoms with Gasteiger partial charge < -0.3 is 8.01 Å².